The molecule has 0 saturated heterocycles. The normalized spacial score (nSPS) is 18.0. The minimum Gasteiger partial charge on any atom is -0.310 e. The van der Waals surface area contributed by atoms with E-state index in [0.29, 0.717) is 12.0 Å². The molecule has 1 atom stereocenters. The number of hydrogen-bond donors (Lipinski definition) is 1. The molecule has 1 N–H and O–H groups in total. The molecule has 1 fully saturated rings. The van der Waals surface area contributed by atoms with Gasteiger partial charge in [-0.2, -0.15) is 0 Å². The molecule has 2 aromatic rings. The topological polar surface area (TPSA) is 12.0 Å². The van der Waals surface area contributed by atoms with E-state index in [1.54, 1.807) is 6.07 Å². The highest BCUT2D eigenvalue weighted by atomic mass is 19.1. The number of nitrogens with one attached hydrogen (secondary N) is 1. The molecule has 1 saturated carbocycles. The predicted molar refractivity (Wildman–Crippen MR) is 86.9 cm³/mol. The fourth-order valence-electron chi connectivity index (χ4n) is 3.77. The van der Waals surface area contributed by atoms with Gasteiger partial charge < -0.3 is 5.32 Å². The third kappa shape index (κ3) is 2.96. The maximum atomic E-state index is 14.0. The largest absolute Gasteiger partial charge is 0.310 e. The molecule has 1 aliphatic rings. The molecule has 0 radical (unpaired) electrons. The Hall–Kier alpha value is -1.41. The lowest BCUT2D eigenvalue weighted by Crippen LogP contribution is -2.29. The monoisotopic (exact) mass is 285 g/mol. The lowest BCUT2D eigenvalue weighted by molar-refractivity contribution is 0.275. The first kappa shape index (κ1) is 14.5. The average Bonchev–Trinajstić information content (AvgIpc) is 2.55. The molecule has 0 amide bonds. The molecule has 2 aromatic carbocycles. The van der Waals surface area contributed by atoms with E-state index in [2.05, 4.69) is 18.3 Å². The van der Waals surface area contributed by atoms with Gasteiger partial charge in [0.25, 0.3) is 0 Å². The molecular weight excluding hydrogens is 261 g/mol. The number of hydrogen-bond acceptors (Lipinski definition) is 1. The number of halogens is 1. The maximum absolute atomic E-state index is 14.0. The molecule has 2 heteroatoms. The van der Waals surface area contributed by atoms with Crippen molar-refractivity contribution in [3.8, 4) is 0 Å². The summed E-state index contributed by atoms with van der Waals surface area (Å²) in [6, 6.07) is 11.8. The lowest BCUT2D eigenvalue weighted by atomic mass is 9.80. The van der Waals surface area contributed by atoms with Gasteiger partial charge in [0.15, 0.2) is 0 Å². The van der Waals surface area contributed by atoms with Crippen LogP contribution in [0.1, 0.15) is 50.6 Å². The smallest absolute Gasteiger partial charge is 0.131 e. The minimum absolute atomic E-state index is 0.117. The van der Waals surface area contributed by atoms with Crippen molar-refractivity contribution in [2.45, 2.75) is 45.1 Å². The molecular formula is C19H24FN. The zero-order valence-electron chi connectivity index (χ0n) is 12.7. The van der Waals surface area contributed by atoms with Crippen molar-refractivity contribution >= 4 is 10.8 Å². The SMILES string of the molecule is CCNC(c1ccc(F)c2ccccc12)C1CCCCC1. The van der Waals surface area contributed by atoms with E-state index >= 15 is 0 Å². The Morgan fingerprint density at radius 2 is 1.76 bits per heavy atom. The van der Waals surface area contributed by atoms with Gasteiger partial charge in [0.1, 0.15) is 5.82 Å². The minimum atomic E-state index is -0.117. The lowest BCUT2D eigenvalue weighted by Gasteiger charge is -2.32. The molecule has 0 spiro atoms. The van der Waals surface area contributed by atoms with Crippen LogP contribution >= 0.6 is 0 Å². The molecule has 0 aromatic heterocycles. The zero-order chi connectivity index (χ0) is 14.7. The van der Waals surface area contributed by atoms with Crippen molar-refractivity contribution in [1.82, 2.24) is 5.32 Å². The molecule has 3 rings (SSSR count). The first-order chi connectivity index (χ1) is 10.3. The second-order valence-corrected chi connectivity index (χ2v) is 6.12. The second-order valence-electron chi connectivity index (χ2n) is 6.12. The van der Waals surface area contributed by atoms with E-state index in [-0.39, 0.29) is 5.82 Å². The van der Waals surface area contributed by atoms with Crippen LogP contribution in [0.4, 0.5) is 4.39 Å². The summed E-state index contributed by atoms with van der Waals surface area (Å²) in [5.41, 5.74) is 1.26. The highest BCUT2D eigenvalue weighted by Crippen LogP contribution is 2.37. The van der Waals surface area contributed by atoms with Gasteiger partial charge in [-0.05, 0) is 42.3 Å². The van der Waals surface area contributed by atoms with Crippen LogP contribution in [0.25, 0.3) is 10.8 Å². The summed E-state index contributed by atoms with van der Waals surface area (Å²) >= 11 is 0. The zero-order valence-corrected chi connectivity index (χ0v) is 12.7. The number of benzene rings is 2. The van der Waals surface area contributed by atoms with Gasteiger partial charge in [-0.3, -0.25) is 0 Å². The summed E-state index contributed by atoms with van der Waals surface area (Å²) < 4.78 is 14.0. The summed E-state index contributed by atoms with van der Waals surface area (Å²) in [6.07, 6.45) is 6.57. The van der Waals surface area contributed by atoms with E-state index in [1.165, 1.54) is 37.7 Å². The van der Waals surface area contributed by atoms with Crippen LogP contribution in [0.15, 0.2) is 36.4 Å². The Balaban J connectivity index is 2.04. The van der Waals surface area contributed by atoms with Crippen molar-refractivity contribution in [3.63, 3.8) is 0 Å². The summed E-state index contributed by atoms with van der Waals surface area (Å²) in [7, 11) is 0. The average molecular weight is 285 g/mol. The van der Waals surface area contributed by atoms with Crippen LogP contribution < -0.4 is 5.32 Å². The summed E-state index contributed by atoms with van der Waals surface area (Å²) in [5, 5.41) is 5.47. The van der Waals surface area contributed by atoms with E-state index in [9.17, 15) is 4.39 Å². The third-order valence-electron chi connectivity index (χ3n) is 4.78. The van der Waals surface area contributed by atoms with Gasteiger partial charge in [0, 0.05) is 11.4 Å². The first-order valence-electron chi connectivity index (χ1n) is 8.21. The van der Waals surface area contributed by atoms with E-state index in [0.717, 1.165) is 17.3 Å². The standard InChI is InChI=1S/C19H24FN/c1-2-21-19(14-8-4-3-5-9-14)17-12-13-18(20)16-11-7-6-10-15(16)17/h6-7,10-14,19,21H,2-5,8-9H2,1H3. The van der Waals surface area contributed by atoms with Crippen LogP contribution in [-0.4, -0.2) is 6.54 Å². The highest BCUT2D eigenvalue weighted by Gasteiger charge is 2.25. The second kappa shape index (κ2) is 6.57. The van der Waals surface area contributed by atoms with E-state index in [4.69, 9.17) is 0 Å². The van der Waals surface area contributed by atoms with Crippen molar-refractivity contribution in [3.05, 3.63) is 47.8 Å². The van der Waals surface area contributed by atoms with Crippen LogP contribution in [0.3, 0.4) is 0 Å². The van der Waals surface area contributed by atoms with Crippen LogP contribution in [0.2, 0.25) is 0 Å². The fraction of sp³-hybridized carbons (Fsp3) is 0.474. The Bertz CT molecular complexity index is 602. The Kier molecular flexibility index (Phi) is 4.54. The molecule has 1 nitrogen and oxygen atoms in total. The molecule has 21 heavy (non-hydrogen) atoms. The first-order valence-corrected chi connectivity index (χ1v) is 8.21. The van der Waals surface area contributed by atoms with Gasteiger partial charge in [-0.1, -0.05) is 56.5 Å². The van der Waals surface area contributed by atoms with Crippen molar-refractivity contribution in [1.29, 1.82) is 0 Å². The van der Waals surface area contributed by atoms with Gasteiger partial charge >= 0.3 is 0 Å². The van der Waals surface area contributed by atoms with Gasteiger partial charge in [0.05, 0.1) is 0 Å². The van der Waals surface area contributed by atoms with Crippen LogP contribution in [0, 0.1) is 11.7 Å². The Morgan fingerprint density at radius 1 is 1.05 bits per heavy atom. The summed E-state index contributed by atoms with van der Waals surface area (Å²) in [5.74, 6) is 0.556. The Morgan fingerprint density at radius 3 is 2.48 bits per heavy atom. The predicted octanol–water partition coefficient (Wildman–Crippen LogP) is 5.21. The number of fused-ring (bicyclic) bond motifs is 1. The molecule has 0 bridgehead atoms. The summed E-state index contributed by atoms with van der Waals surface area (Å²) in [6.45, 7) is 3.11. The van der Waals surface area contributed by atoms with Gasteiger partial charge in [0.2, 0.25) is 0 Å². The van der Waals surface area contributed by atoms with Crippen LogP contribution in [-0.2, 0) is 0 Å². The Labute approximate surface area is 126 Å². The highest BCUT2D eigenvalue weighted by molar-refractivity contribution is 5.86. The molecule has 1 unspecified atom stereocenters. The van der Waals surface area contributed by atoms with Crippen molar-refractivity contribution in [2.24, 2.45) is 5.92 Å². The van der Waals surface area contributed by atoms with Gasteiger partial charge in [-0.15, -0.1) is 0 Å². The number of rotatable bonds is 4. The maximum Gasteiger partial charge on any atom is 0.131 e. The van der Waals surface area contributed by atoms with Crippen LogP contribution in [0.5, 0.6) is 0 Å². The molecule has 0 heterocycles. The summed E-state index contributed by atoms with van der Waals surface area (Å²) in [4.78, 5) is 0. The van der Waals surface area contributed by atoms with E-state index in [1.807, 2.05) is 24.3 Å². The molecule has 1 aliphatic carbocycles. The van der Waals surface area contributed by atoms with Crippen molar-refractivity contribution in [2.75, 3.05) is 6.54 Å². The third-order valence-corrected chi connectivity index (χ3v) is 4.78. The molecule has 112 valence electrons. The van der Waals surface area contributed by atoms with E-state index < -0.39 is 0 Å². The van der Waals surface area contributed by atoms with Gasteiger partial charge in [-0.25, -0.2) is 4.39 Å². The van der Waals surface area contributed by atoms with Crippen molar-refractivity contribution < 1.29 is 4.39 Å². The quantitative estimate of drug-likeness (QED) is 0.813. The fourth-order valence-corrected chi connectivity index (χ4v) is 3.77. The molecule has 0 aliphatic heterocycles.